The van der Waals surface area contributed by atoms with Gasteiger partial charge in [0.25, 0.3) is 5.91 Å². The third kappa shape index (κ3) is 2.67. The minimum Gasteiger partial charge on any atom is -0.338 e. The molecule has 1 aliphatic carbocycles. The second-order valence-electron chi connectivity index (χ2n) is 5.06. The van der Waals surface area contributed by atoms with E-state index in [1.165, 1.54) is 12.8 Å². The number of aromatic nitrogens is 1. The molecule has 4 heteroatoms. The Morgan fingerprint density at radius 2 is 2.16 bits per heavy atom. The number of carbonyl (C=O) groups is 1. The molecule has 1 saturated carbocycles. The van der Waals surface area contributed by atoms with E-state index in [1.807, 2.05) is 48.0 Å². The minimum absolute atomic E-state index is 0.0821. The number of amides is 1. The van der Waals surface area contributed by atoms with Gasteiger partial charge in [-0.3, -0.25) is 4.79 Å². The lowest BCUT2D eigenvalue weighted by Crippen LogP contribution is -2.24. The predicted molar refractivity (Wildman–Crippen MR) is 75.9 cm³/mol. The summed E-state index contributed by atoms with van der Waals surface area (Å²) < 4.78 is 1.94. The largest absolute Gasteiger partial charge is 0.338 e. The maximum absolute atomic E-state index is 11.9. The van der Waals surface area contributed by atoms with E-state index < -0.39 is 0 Å². The lowest BCUT2D eigenvalue weighted by Gasteiger charge is -2.05. The van der Waals surface area contributed by atoms with Crippen LogP contribution < -0.4 is 5.43 Å². The Hall–Kier alpha value is -2.10. The van der Waals surface area contributed by atoms with E-state index >= 15 is 0 Å². The minimum atomic E-state index is -0.0821. The van der Waals surface area contributed by atoms with Crippen molar-refractivity contribution >= 4 is 22.5 Å². The topological polar surface area (TPSA) is 46.4 Å². The van der Waals surface area contributed by atoms with Crippen LogP contribution in [-0.4, -0.2) is 16.2 Å². The number of fused-ring (bicyclic) bond motifs is 1. The van der Waals surface area contributed by atoms with Crippen molar-refractivity contribution in [1.82, 2.24) is 9.99 Å². The number of nitrogens with zero attached hydrogens (tertiary/aromatic N) is 2. The number of hydrogen-bond acceptors (Lipinski definition) is 2. The van der Waals surface area contributed by atoms with Crippen molar-refractivity contribution in [2.75, 3.05) is 0 Å². The van der Waals surface area contributed by atoms with Crippen LogP contribution >= 0.6 is 0 Å². The molecule has 1 N–H and O–H groups in total. The highest BCUT2D eigenvalue weighted by molar-refractivity contribution is 5.88. The van der Waals surface area contributed by atoms with Crippen LogP contribution in [-0.2, 0) is 11.3 Å². The molecule has 1 heterocycles. The van der Waals surface area contributed by atoms with Crippen LogP contribution in [0.5, 0.6) is 0 Å². The average Bonchev–Trinajstić information content (AvgIpc) is 3.20. The summed E-state index contributed by atoms with van der Waals surface area (Å²) in [5.41, 5.74) is 4.74. The van der Waals surface area contributed by atoms with Gasteiger partial charge in [0.05, 0.1) is 0 Å². The summed E-state index contributed by atoms with van der Waals surface area (Å²) in [5.74, 6) is 0.508. The number of para-hydroxylation sites is 1. The van der Waals surface area contributed by atoms with E-state index in [1.54, 1.807) is 0 Å². The Morgan fingerprint density at radius 1 is 1.37 bits per heavy atom. The molecule has 98 valence electrons. The Morgan fingerprint density at radius 3 is 2.95 bits per heavy atom. The van der Waals surface area contributed by atoms with Crippen LogP contribution in [0.25, 0.3) is 10.9 Å². The van der Waals surface area contributed by atoms with Crippen LogP contribution in [0.4, 0.5) is 0 Å². The van der Waals surface area contributed by atoms with E-state index in [2.05, 4.69) is 10.5 Å². The molecule has 4 nitrogen and oxygen atoms in total. The van der Waals surface area contributed by atoms with Gasteiger partial charge in [-0.15, -0.1) is 0 Å². The molecular weight excluding hydrogens is 238 g/mol. The smallest absolute Gasteiger partial charge is 0.259 e. The molecule has 1 amide bonds. The van der Waals surface area contributed by atoms with Crippen LogP contribution in [0.1, 0.15) is 19.8 Å². The van der Waals surface area contributed by atoms with E-state index in [0.717, 1.165) is 16.6 Å². The molecule has 0 aliphatic heterocycles. The molecule has 0 saturated heterocycles. The molecule has 1 aromatic carbocycles. The molecule has 0 spiro atoms. The van der Waals surface area contributed by atoms with Gasteiger partial charge in [-0.1, -0.05) is 18.2 Å². The first kappa shape index (κ1) is 12.0. The van der Waals surface area contributed by atoms with E-state index in [4.69, 9.17) is 0 Å². The molecule has 0 bridgehead atoms. The van der Waals surface area contributed by atoms with Crippen LogP contribution in [0, 0.1) is 5.92 Å². The van der Waals surface area contributed by atoms with Crippen LogP contribution in [0.15, 0.2) is 41.6 Å². The number of hydrazone groups is 1. The highest BCUT2D eigenvalue weighted by atomic mass is 16.2. The number of carbonyl (C=O) groups excluding carboxylic acids is 1. The van der Waals surface area contributed by atoms with Crippen molar-refractivity contribution in [2.24, 2.45) is 11.0 Å². The highest BCUT2D eigenvalue weighted by Crippen LogP contribution is 2.30. The third-order valence-electron chi connectivity index (χ3n) is 3.52. The maximum atomic E-state index is 11.9. The lowest BCUT2D eigenvalue weighted by molar-refractivity contribution is -0.121. The zero-order valence-electron chi connectivity index (χ0n) is 11.0. The van der Waals surface area contributed by atoms with E-state index in [9.17, 15) is 4.79 Å². The molecule has 2 aromatic rings. The summed E-state index contributed by atoms with van der Waals surface area (Å²) in [6.07, 6.45) is 4.34. The number of benzene rings is 1. The zero-order valence-corrected chi connectivity index (χ0v) is 11.0. The monoisotopic (exact) mass is 255 g/mol. The summed E-state index contributed by atoms with van der Waals surface area (Å²) in [4.78, 5) is 11.9. The van der Waals surface area contributed by atoms with Crippen molar-refractivity contribution < 1.29 is 4.79 Å². The molecule has 1 fully saturated rings. The van der Waals surface area contributed by atoms with Gasteiger partial charge in [0.2, 0.25) is 0 Å². The Bertz CT molecular complexity index is 638. The van der Waals surface area contributed by atoms with Gasteiger partial charge >= 0.3 is 0 Å². The maximum Gasteiger partial charge on any atom is 0.259 e. The quantitative estimate of drug-likeness (QED) is 0.662. The Labute approximate surface area is 112 Å². The fourth-order valence-corrected chi connectivity index (χ4v) is 2.21. The summed E-state index contributed by atoms with van der Waals surface area (Å²) in [5, 5.41) is 5.30. The first-order chi connectivity index (χ1) is 9.24. The van der Waals surface area contributed by atoms with Gasteiger partial charge in [-0.05, 0) is 43.2 Å². The van der Waals surface area contributed by atoms with Gasteiger partial charge in [0, 0.05) is 17.4 Å². The molecule has 1 aliphatic rings. The van der Waals surface area contributed by atoms with Gasteiger partial charge in [0.15, 0.2) is 0 Å². The molecule has 3 rings (SSSR count). The van der Waals surface area contributed by atoms with Crippen molar-refractivity contribution in [2.45, 2.75) is 26.3 Å². The molecular formula is C15H17N3O. The van der Waals surface area contributed by atoms with E-state index in [0.29, 0.717) is 12.5 Å². The Kier molecular flexibility index (Phi) is 3.07. The molecule has 19 heavy (non-hydrogen) atoms. The zero-order chi connectivity index (χ0) is 13.2. The van der Waals surface area contributed by atoms with E-state index in [-0.39, 0.29) is 5.91 Å². The summed E-state index contributed by atoms with van der Waals surface area (Å²) in [6.45, 7) is 2.28. The van der Waals surface area contributed by atoms with Crippen molar-refractivity contribution in [3.05, 3.63) is 36.5 Å². The molecule has 0 atom stereocenters. The Balaban J connectivity index is 1.67. The van der Waals surface area contributed by atoms with Gasteiger partial charge in [0.1, 0.15) is 6.54 Å². The van der Waals surface area contributed by atoms with Crippen LogP contribution in [0.3, 0.4) is 0 Å². The molecule has 0 radical (unpaired) electrons. The highest BCUT2D eigenvalue weighted by Gasteiger charge is 2.24. The summed E-state index contributed by atoms with van der Waals surface area (Å²) in [7, 11) is 0. The SMILES string of the molecule is C/C(=N\NC(=O)Cn1ccc2ccccc21)C1CC1. The van der Waals surface area contributed by atoms with Crippen molar-refractivity contribution in [1.29, 1.82) is 0 Å². The fourth-order valence-electron chi connectivity index (χ4n) is 2.21. The fraction of sp³-hybridized carbons (Fsp3) is 0.333. The summed E-state index contributed by atoms with van der Waals surface area (Å²) in [6, 6.07) is 10.0. The second kappa shape index (κ2) is 4.88. The average molecular weight is 255 g/mol. The number of hydrogen-bond donors (Lipinski definition) is 1. The number of nitrogens with one attached hydrogen (secondary N) is 1. The van der Waals surface area contributed by atoms with Gasteiger partial charge in [-0.25, -0.2) is 5.43 Å². The van der Waals surface area contributed by atoms with Crippen molar-refractivity contribution in [3.63, 3.8) is 0 Å². The van der Waals surface area contributed by atoms with Crippen molar-refractivity contribution in [3.8, 4) is 0 Å². The number of rotatable bonds is 4. The molecule has 1 aromatic heterocycles. The second-order valence-corrected chi connectivity index (χ2v) is 5.06. The van der Waals surface area contributed by atoms with Gasteiger partial charge < -0.3 is 4.57 Å². The first-order valence-corrected chi connectivity index (χ1v) is 6.61. The summed E-state index contributed by atoms with van der Waals surface area (Å²) >= 11 is 0. The lowest BCUT2D eigenvalue weighted by atomic mass is 10.2. The van der Waals surface area contributed by atoms with Gasteiger partial charge in [-0.2, -0.15) is 5.10 Å². The normalized spacial score (nSPS) is 15.7. The third-order valence-corrected chi connectivity index (χ3v) is 3.52. The first-order valence-electron chi connectivity index (χ1n) is 6.61. The molecule has 0 unspecified atom stereocenters. The predicted octanol–water partition coefficient (Wildman–Crippen LogP) is 2.54. The standard InChI is InChI=1S/C15H17N3O/c1-11(12-6-7-12)16-17-15(19)10-18-9-8-13-4-2-3-5-14(13)18/h2-5,8-9,12H,6-7,10H2,1H3,(H,17,19)/b16-11+. The van der Waals surface area contributed by atoms with Crippen LogP contribution in [0.2, 0.25) is 0 Å².